The summed E-state index contributed by atoms with van der Waals surface area (Å²) >= 11 is 0. The molecule has 3 rings (SSSR count). The Bertz CT molecular complexity index is 667. The number of rotatable bonds is 4. The van der Waals surface area contributed by atoms with Crippen LogP contribution in [0, 0.1) is 0 Å². The third-order valence-corrected chi connectivity index (χ3v) is 3.68. The minimum Gasteiger partial charge on any atom is -0.342 e. The van der Waals surface area contributed by atoms with E-state index in [-0.39, 0.29) is 5.91 Å². The first-order valence-electron chi connectivity index (χ1n) is 7.39. The first kappa shape index (κ1) is 15.0. The Kier molecular flexibility index (Phi) is 4.46. The number of hydrogen-bond acceptors (Lipinski definition) is 5. The van der Waals surface area contributed by atoms with Gasteiger partial charge in [0.25, 0.3) is 5.91 Å². The van der Waals surface area contributed by atoms with Crippen LogP contribution >= 0.6 is 0 Å². The van der Waals surface area contributed by atoms with Gasteiger partial charge in [-0.25, -0.2) is 9.97 Å². The predicted octanol–water partition coefficient (Wildman–Crippen LogP) is 1.01. The van der Waals surface area contributed by atoms with E-state index in [1.165, 1.54) is 12.4 Å². The molecule has 1 fully saturated rings. The number of nitrogens with one attached hydrogen (secondary N) is 1. The Labute approximate surface area is 134 Å². The Balaban J connectivity index is 1.63. The van der Waals surface area contributed by atoms with Gasteiger partial charge in [-0.05, 0) is 12.1 Å². The topological polar surface area (TPSA) is 78.4 Å². The van der Waals surface area contributed by atoms with Gasteiger partial charge in [-0.2, -0.15) is 0 Å². The highest BCUT2D eigenvalue weighted by Crippen LogP contribution is 2.12. The van der Waals surface area contributed by atoms with Gasteiger partial charge in [0.05, 0.1) is 5.56 Å². The average molecular weight is 311 g/mol. The molecule has 1 saturated heterocycles. The number of amides is 2. The maximum Gasteiger partial charge on any atom is 0.258 e. The molecule has 118 valence electrons. The maximum atomic E-state index is 12.1. The molecule has 0 aliphatic carbocycles. The van der Waals surface area contributed by atoms with E-state index in [0.717, 1.165) is 12.1 Å². The summed E-state index contributed by atoms with van der Waals surface area (Å²) in [6.07, 6.45) is 3.90. The van der Waals surface area contributed by atoms with Gasteiger partial charge in [0.2, 0.25) is 12.4 Å². The van der Waals surface area contributed by atoms with Gasteiger partial charge in [0.15, 0.2) is 0 Å². The first-order chi connectivity index (χ1) is 11.3. The second kappa shape index (κ2) is 6.87. The quantitative estimate of drug-likeness (QED) is 0.853. The molecule has 1 aromatic heterocycles. The molecule has 2 heterocycles. The molecular weight excluding hydrogens is 294 g/mol. The summed E-state index contributed by atoms with van der Waals surface area (Å²) in [5.74, 6) is 0.334. The zero-order valence-electron chi connectivity index (χ0n) is 12.6. The number of anilines is 2. The van der Waals surface area contributed by atoms with Crippen molar-refractivity contribution in [1.82, 2.24) is 14.9 Å². The summed E-state index contributed by atoms with van der Waals surface area (Å²) in [4.78, 5) is 35.1. The van der Waals surface area contributed by atoms with Crippen molar-refractivity contribution in [3.8, 4) is 0 Å². The number of aromatic nitrogens is 2. The number of para-hydroxylation sites is 1. The van der Waals surface area contributed by atoms with Crippen molar-refractivity contribution in [2.24, 2.45) is 0 Å². The lowest BCUT2D eigenvalue weighted by Gasteiger charge is -2.32. The molecule has 0 unspecified atom stereocenters. The number of hydrogen-bond donors (Lipinski definition) is 1. The summed E-state index contributed by atoms with van der Waals surface area (Å²) in [5.41, 5.74) is 1.13. The van der Waals surface area contributed by atoms with Gasteiger partial charge in [-0.1, -0.05) is 18.2 Å². The Morgan fingerprint density at radius 3 is 2.30 bits per heavy atom. The molecule has 0 saturated carbocycles. The van der Waals surface area contributed by atoms with E-state index in [1.54, 1.807) is 4.90 Å². The molecule has 7 heteroatoms. The number of nitrogens with zero attached hydrogens (tertiary/aromatic N) is 4. The number of piperazine rings is 1. The third kappa shape index (κ3) is 3.63. The lowest BCUT2D eigenvalue weighted by Crippen LogP contribution is -2.46. The van der Waals surface area contributed by atoms with Crippen molar-refractivity contribution < 1.29 is 9.59 Å². The lowest BCUT2D eigenvalue weighted by molar-refractivity contribution is -0.118. The maximum absolute atomic E-state index is 12.1. The largest absolute Gasteiger partial charge is 0.342 e. The smallest absolute Gasteiger partial charge is 0.258 e. The molecule has 1 aliphatic rings. The fraction of sp³-hybridized carbons (Fsp3) is 0.250. The van der Waals surface area contributed by atoms with Crippen LogP contribution in [0.3, 0.4) is 0 Å². The van der Waals surface area contributed by atoms with E-state index in [2.05, 4.69) is 15.3 Å². The van der Waals surface area contributed by atoms with E-state index < -0.39 is 0 Å². The van der Waals surface area contributed by atoms with Crippen LogP contribution < -0.4 is 10.2 Å². The van der Waals surface area contributed by atoms with Crippen LogP contribution in [0.1, 0.15) is 10.4 Å². The average Bonchev–Trinajstić information content (AvgIpc) is 2.63. The lowest BCUT2D eigenvalue weighted by atomic mass is 10.3. The fourth-order valence-corrected chi connectivity index (χ4v) is 2.35. The highest BCUT2D eigenvalue weighted by molar-refractivity contribution is 6.03. The molecular formula is C16H17N5O2. The minimum atomic E-state index is -0.242. The summed E-state index contributed by atoms with van der Waals surface area (Å²) in [6, 6.07) is 9.24. The fourth-order valence-electron chi connectivity index (χ4n) is 2.35. The molecule has 1 aliphatic heterocycles. The van der Waals surface area contributed by atoms with Crippen molar-refractivity contribution >= 4 is 24.0 Å². The Morgan fingerprint density at radius 1 is 1.04 bits per heavy atom. The van der Waals surface area contributed by atoms with Gasteiger partial charge in [0, 0.05) is 44.3 Å². The molecule has 1 N–H and O–H groups in total. The summed E-state index contributed by atoms with van der Waals surface area (Å²) in [5, 5.41) is 2.79. The SMILES string of the molecule is O=CN1CCN(c2ncc(C(=O)Nc3ccccc3)cn2)CC1. The molecule has 0 atom stereocenters. The van der Waals surface area contributed by atoms with E-state index >= 15 is 0 Å². The molecule has 2 amide bonds. The molecule has 0 spiro atoms. The van der Waals surface area contributed by atoms with Crippen molar-refractivity contribution in [2.45, 2.75) is 0 Å². The Hall–Kier alpha value is -2.96. The monoisotopic (exact) mass is 311 g/mol. The minimum absolute atomic E-state index is 0.242. The van der Waals surface area contributed by atoms with Gasteiger partial charge >= 0.3 is 0 Å². The number of carbonyl (C=O) groups excluding carboxylic acids is 2. The van der Waals surface area contributed by atoms with Crippen LogP contribution in [0.2, 0.25) is 0 Å². The zero-order chi connectivity index (χ0) is 16.1. The first-order valence-corrected chi connectivity index (χ1v) is 7.39. The number of benzene rings is 1. The van der Waals surface area contributed by atoms with E-state index in [4.69, 9.17) is 0 Å². The molecule has 7 nitrogen and oxygen atoms in total. The van der Waals surface area contributed by atoms with Crippen molar-refractivity contribution in [3.05, 3.63) is 48.3 Å². The summed E-state index contributed by atoms with van der Waals surface area (Å²) in [6.45, 7) is 2.69. The van der Waals surface area contributed by atoms with Crippen LogP contribution in [0.15, 0.2) is 42.7 Å². The van der Waals surface area contributed by atoms with E-state index in [0.29, 0.717) is 37.7 Å². The van der Waals surface area contributed by atoms with Crippen LogP contribution in [0.5, 0.6) is 0 Å². The van der Waals surface area contributed by atoms with E-state index in [1.807, 2.05) is 35.2 Å². The summed E-state index contributed by atoms with van der Waals surface area (Å²) in [7, 11) is 0. The van der Waals surface area contributed by atoms with Crippen LogP contribution in [-0.2, 0) is 4.79 Å². The standard InChI is InChI=1S/C16H17N5O2/c22-12-20-6-8-21(9-7-20)16-17-10-13(11-18-16)15(23)19-14-4-2-1-3-5-14/h1-5,10-12H,6-9H2,(H,19,23). The van der Waals surface area contributed by atoms with Crippen LogP contribution in [0.25, 0.3) is 0 Å². The molecule has 2 aromatic rings. The van der Waals surface area contributed by atoms with Crippen molar-refractivity contribution in [1.29, 1.82) is 0 Å². The Morgan fingerprint density at radius 2 is 1.70 bits per heavy atom. The molecule has 0 bridgehead atoms. The van der Waals surface area contributed by atoms with Gasteiger partial charge in [-0.3, -0.25) is 9.59 Å². The zero-order valence-corrected chi connectivity index (χ0v) is 12.6. The molecule has 0 radical (unpaired) electrons. The number of carbonyl (C=O) groups is 2. The van der Waals surface area contributed by atoms with E-state index in [9.17, 15) is 9.59 Å². The molecule has 1 aromatic carbocycles. The summed E-state index contributed by atoms with van der Waals surface area (Å²) < 4.78 is 0. The van der Waals surface area contributed by atoms with Crippen LogP contribution in [0.4, 0.5) is 11.6 Å². The molecule has 23 heavy (non-hydrogen) atoms. The normalized spacial score (nSPS) is 14.4. The van der Waals surface area contributed by atoms with Gasteiger partial charge in [-0.15, -0.1) is 0 Å². The van der Waals surface area contributed by atoms with Crippen molar-refractivity contribution in [3.63, 3.8) is 0 Å². The second-order valence-electron chi connectivity index (χ2n) is 5.22. The highest BCUT2D eigenvalue weighted by Gasteiger charge is 2.18. The third-order valence-electron chi connectivity index (χ3n) is 3.68. The van der Waals surface area contributed by atoms with Gasteiger partial charge in [0.1, 0.15) is 0 Å². The van der Waals surface area contributed by atoms with Crippen LogP contribution in [-0.4, -0.2) is 53.4 Å². The van der Waals surface area contributed by atoms with Gasteiger partial charge < -0.3 is 15.1 Å². The second-order valence-corrected chi connectivity index (χ2v) is 5.22. The predicted molar refractivity (Wildman–Crippen MR) is 86.3 cm³/mol. The highest BCUT2D eigenvalue weighted by atomic mass is 16.1. The van der Waals surface area contributed by atoms with Crippen molar-refractivity contribution in [2.75, 3.05) is 36.4 Å².